The van der Waals surface area contributed by atoms with Crippen molar-refractivity contribution in [2.24, 2.45) is 0 Å². The van der Waals surface area contributed by atoms with Crippen molar-refractivity contribution in [3.05, 3.63) is 35.1 Å². The Morgan fingerprint density at radius 3 is 2.67 bits per heavy atom. The van der Waals surface area contributed by atoms with Gasteiger partial charge in [-0.2, -0.15) is 0 Å². The van der Waals surface area contributed by atoms with Crippen molar-refractivity contribution in [3.8, 4) is 0 Å². The van der Waals surface area contributed by atoms with Gasteiger partial charge in [0.1, 0.15) is 5.82 Å². The van der Waals surface area contributed by atoms with E-state index in [0.717, 1.165) is 12.8 Å². The second kappa shape index (κ2) is 5.48. The van der Waals surface area contributed by atoms with E-state index in [1.54, 1.807) is 24.9 Å². The fourth-order valence-electron chi connectivity index (χ4n) is 2.30. The molecule has 18 heavy (non-hydrogen) atoms. The molecule has 0 unspecified atom stereocenters. The lowest BCUT2D eigenvalue weighted by Gasteiger charge is -2.31. The molecule has 1 aliphatic rings. The summed E-state index contributed by atoms with van der Waals surface area (Å²) < 4.78 is 18.3. The molecule has 0 bridgehead atoms. The molecule has 0 aromatic heterocycles. The van der Waals surface area contributed by atoms with Crippen LogP contribution in [0.4, 0.5) is 4.39 Å². The van der Waals surface area contributed by atoms with Crippen LogP contribution in [-0.2, 0) is 4.74 Å². The first-order valence-corrected chi connectivity index (χ1v) is 6.20. The number of benzene rings is 1. The van der Waals surface area contributed by atoms with Gasteiger partial charge >= 0.3 is 0 Å². The predicted molar refractivity (Wildman–Crippen MR) is 67.1 cm³/mol. The summed E-state index contributed by atoms with van der Waals surface area (Å²) in [4.78, 5) is 14.1. The first-order valence-electron chi connectivity index (χ1n) is 6.20. The standard InChI is InChI=1S/C14H18FNO2/c1-10-9-11(15)3-4-13(10)14(17)16(2)12-5-7-18-8-6-12/h3-4,9,12H,5-8H2,1-2H3. The highest BCUT2D eigenvalue weighted by Crippen LogP contribution is 2.18. The molecule has 1 amide bonds. The van der Waals surface area contributed by atoms with Crippen molar-refractivity contribution >= 4 is 5.91 Å². The number of hydrogen-bond acceptors (Lipinski definition) is 2. The van der Waals surface area contributed by atoms with Crippen LogP contribution in [-0.4, -0.2) is 37.1 Å². The topological polar surface area (TPSA) is 29.5 Å². The zero-order valence-corrected chi connectivity index (χ0v) is 10.8. The lowest BCUT2D eigenvalue weighted by Crippen LogP contribution is -2.40. The minimum Gasteiger partial charge on any atom is -0.381 e. The molecule has 0 aliphatic carbocycles. The molecule has 1 fully saturated rings. The highest BCUT2D eigenvalue weighted by molar-refractivity contribution is 5.95. The molecule has 1 heterocycles. The number of rotatable bonds is 2. The highest BCUT2D eigenvalue weighted by atomic mass is 19.1. The molecule has 0 atom stereocenters. The number of hydrogen-bond donors (Lipinski definition) is 0. The summed E-state index contributed by atoms with van der Waals surface area (Å²) >= 11 is 0. The third-order valence-corrected chi connectivity index (χ3v) is 3.48. The fourth-order valence-corrected chi connectivity index (χ4v) is 2.30. The molecule has 1 saturated heterocycles. The van der Waals surface area contributed by atoms with Gasteiger partial charge in [0, 0.05) is 31.9 Å². The predicted octanol–water partition coefficient (Wildman–Crippen LogP) is 2.39. The SMILES string of the molecule is Cc1cc(F)ccc1C(=O)N(C)C1CCOCC1. The molecule has 3 nitrogen and oxygen atoms in total. The Labute approximate surface area is 107 Å². The molecular formula is C14H18FNO2. The van der Waals surface area contributed by atoms with E-state index in [4.69, 9.17) is 4.74 Å². The Kier molecular flexibility index (Phi) is 3.97. The van der Waals surface area contributed by atoms with Crippen LogP contribution in [0.1, 0.15) is 28.8 Å². The van der Waals surface area contributed by atoms with Crippen LogP contribution in [0.15, 0.2) is 18.2 Å². The Morgan fingerprint density at radius 1 is 1.39 bits per heavy atom. The van der Waals surface area contributed by atoms with E-state index in [0.29, 0.717) is 24.3 Å². The van der Waals surface area contributed by atoms with Crippen LogP contribution in [0.3, 0.4) is 0 Å². The molecule has 1 aromatic rings. The van der Waals surface area contributed by atoms with Gasteiger partial charge in [-0.25, -0.2) is 4.39 Å². The smallest absolute Gasteiger partial charge is 0.254 e. The van der Waals surface area contributed by atoms with Gasteiger partial charge in [-0.1, -0.05) is 0 Å². The van der Waals surface area contributed by atoms with E-state index in [1.165, 1.54) is 12.1 Å². The van der Waals surface area contributed by atoms with E-state index < -0.39 is 0 Å². The average molecular weight is 251 g/mol. The minimum atomic E-state index is -0.308. The lowest BCUT2D eigenvalue weighted by atomic mass is 10.0. The monoisotopic (exact) mass is 251 g/mol. The summed E-state index contributed by atoms with van der Waals surface area (Å²) in [6, 6.07) is 4.50. The summed E-state index contributed by atoms with van der Waals surface area (Å²) in [7, 11) is 1.81. The Balaban J connectivity index is 2.14. The summed E-state index contributed by atoms with van der Waals surface area (Å²) in [6.07, 6.45) is 1.73. The molecule has 0 N–H and O–H groups in total. The second-order valence-electron chi connectivity index (χ2n) is 4.72. The Morgan fingerprint density at radius 2 is 2.06 bits per heavy atom. The molecule has 2 rings (SSSR count). The minimum absolute atomic E-state index is 0.0422. The number of ether oxygens (including phenoxy) is 1. The van der Waals surface area contributed by atoms with Crippen molar-refractivity contribution in [3.63, 3.8) is 0 Å². The quantitative estimate of drug-likeness (QED) is 0.807. The van der Waals surface area contributed by atoms with E-state index >= 15 is 0 Å². The van der Waals surface area contributed by atoms with Gasteiger partial charge in [0.25, 0.3) is 5.91 Å². The number of carbonyl (C=O) groups excluding carboxylic acids is 1. The van der Waals surface area contributed by atoms with Crippen molar-refractivity contribution < 1.29 is 13.9 Å². The number of nitrogens with zero attached hydrogens (tertiary/aromatic N) is 1. The zero-order valence-electron chi connectivity index (χ0n) is 10.8. The van der Waals surface area contributed by atoms with Gasteiger partial charge < -0.3 is 9.64 Å². The van der Waals surface area contributed by atoms with Crippen LogP contribution in [0, 0.1) is 12.7 Å². The van der Waals surface area contributed by atoms with Crippen LogP contribution >= 0.6 is 0 Å². The zero-order chi connectivity index (χ0) is 13.1. The van der Waals surface area contributed by atoms with Gasteiger partial charge in [0.05, 0.1) is 0 Å². The maximum atomic E-state index is 13.0. The van der Waals surface area contributed by atoms with Gasteiger partial charge in [-0.05, 0) is 43.5 Å². The normalized spacial score (nSPS) is 16.6. The second-order valence-corrected chi connectivity index (χ2v) is 4.72. The van der Waals surface area contributed by atoms with Crippen molar-refractivity contribution in [2.45, 2.75) is 25.8 Å². The maximum Gasteiger partial charge on any atom is 0.254 e. The van der Waals surface area contributed by atoms with Crippen molar-refractivity contribution in [1.29, 1.82) is 0 Å². The molecular weight excluding hydrogens is 233 g/mol. The number of aryl methyl sites for hydroxylation is 1. The molecule has 0 spiro atoms. The summed E-state index contributed by atoms with van der Waals surface area (Å²) in [5.41, 5.74) is 1.25. The largest absolute Gasteiger partial charge is 0.381 e. The first-order chi connectivity index (χ1) is 8.59. The molecule has 98 valence electrons. The molecule has 0 radical (unpaired) electrons. The van der Waals surface area contributed by atoms with E-state index in [1.807, 2.05) is 0 Å². The van der Waals surface area contributed by atoms with Crippen molar-refractivity contribution in [1.82, 2.24) is 4.90 Å². The van der Waals surface area contributed by atoms with Crippen LogP contribution in [0.25, 0.3) is 0 Å². The first kappa shape index (κ1) is 13.0. The van der Waals surface area contributed by atoms with Gasteiger partial charge in [-0.15, -0.1) is 0 Å². The van der Waals surface area contributed by atoms with Gasteiger partial charge in [0.15, 0.2) is 0 Å². The van der Waals surface area contributed by atoms with Crippen molar-refractivity contribution in [2.75, 3.05) is 20.3 Å². The summed E-state index contributed by atoms with van der Waals surface area (Å²) in [6.45, 7) is 3.16. The molecule has 4 heteroatoms. The maximum absolute atomic E-state index is 13.0. The summed E-state index contributed by atoms with van der Waals surface area (Å²) in [5, 5.41) is 0. The lowest BCUT2D eigenvalue weighted by molar-refractivity contribution is 0.0361. The Hall–Kier alpha value is -1.42. The third-order valence-electron chi connectivity index (χ3n) is 3.48. The molecule has 0 saturated carbocycles. The van der Waals surface area contributed by atoms with E-state index in [-0.39, 0.29) is 17.8 Å². The number of amides is 1. The molecule has 1 aromatic carbocycles. The fraction of sp³-hybridized carbons (Fsp3) is 0.500. The molecule has 1 aliphatic heterocycles. The van der Waals surface area contributed by atoms with E-state index in [9.17, 15) is 9.18 Å². The van der Waals surface area contributed by atoms with Gasteiger partial charge in [-0.3, -0.25) is 4.79 Å². The number of halogens is 1. The number of carbonyl (C=O) groups is 1. The summed E-state index contributed by atoms with van der Waals surface area (Å²) in [5.74, 6) is -0.350. The van der Waals surface area contributed by atoms with Crippen LogP contribution in [0.5, 0.6) is 0 Å². The highest BCUT2D eigenvalue weighted by Gasteiger charge is 2.24. The van der Waals surface area contributed by atoms with Crippen LogP contribution in [0.2, 0.25) is 0 Å². The Bertz CT molecular complexity index is 441. The third kappa shape index (κ3) is 2.70. The van der Waals surface area contributed by atoms with Gasteiger partial charge in [0.2, 0.25) is 0 Å². The van der Waals surface area contributed by atoms with E-state index in [2.05, 4.69) is 0 Å². The average Bonchev–Trinajstić information content (AvgIpc) is 2.38. The van der Waals surface area contributed by atoms with Crippen LogP contribution < -0.4 is 0 Å².